The third-order valence-corrected chi connectivity index (χ3v) is 5.21. The number of halogens is 1. The second-order valence-corrected chi connectivity index (χ2v) is 8.34. The lowest BCUT2D eigenvalue weighted by Gasteiger charge is -2.35. The molecule has 2 atom stereocenters. The minimum atomic E-state index is -0.480. The molecule has 0 aromatic heterocycles. The maximum atomic E-state index is 13.1. The highest BCUT2D eigenvalue weighted by molar-refractivity contribution is 5.87. The van der Waals surface area contributed by atoms with E-state index in [0.717, 1.165) is 38.0 Å². The van der Waals surface area contributed by atoms with Gasteiger partial charge in [-0.2, -0.15) is 0 Å². The van der Waals surface area contributed by atoms with Crippen molar-refractivity contribution in [3.63, 3.8) is 0 Å². The Bertz CT molecular complexity index is 634. The van der Waals surface area contributed by atoms with E-state index in [1.807, 2.05) is 43.1 Å². The number of nitrogens with zero attached hydrogens (tertiary/aromatic N) is 1. The Labute approximate surface area is 181 Å². The van der Waals surface area contributed by atoms with E-state index < -0.39 is 6.04 Å². The summed E-state index contributed by atoms with van der Waals surface area (Å²) in [6, 6.07) is 7.29. The second kappa shape index (κ2) is 12.7. The summed E-state index contributed by atoms with van der Waals surface area (Å²) in [5.74, 6) is 0.849. The Morgan fingerprint density at radius 2 is 1.90 bits per heavy atom. The zero-order valence-electron chi connectivity index (χ0n) is 18.2. The Kier molecular flexibility index (Phi) is 11.1. The Morgan fingerprint density at radius 1 is 1.21 bits per heavy atom. The van der Waals surface area contributed by atoms with Crippen LogP contribution in [0.5, 0.6) is 0 Å². The van der Waals surface area contributed by atoms with Gasteiger partial charge in [0.1, 0.15) is 6.04 Å². The van der Waals surface area contributed by atoms with E-state index in [0.29, 0.717) is 24.8 Å². The third-order valence-electron chi connectivity index (χ3n) is 5.21. The summed E-state index contributed by atoms with van der Waals surface area (Å²) < 4.78 is 0. The van der Waals surface area contributed by atoms with Gasteiger partial charge < -0.3 is 20.9 Å². The fraction of sp³-hybridized carbons (Fsp3) is 0.636. The van der Waals surface area contributed by atoms with Gasteiger partial charge in [-0.3, -0.25) is 4.79 Å². The summed E-state index contributed by atoms with van der Waals surface area (Å²) in [6.45, 7) is 9.10. The van der Waals surface area contributed by atoms with Gasteiger partial charge in [-0.25, -0.2) is 4.79 Å². The number of rotatable bonds is 8. The fourth-order valence-corrected chi connectivity index (χ4v) is 3.73. The first-order valence-corrected chi connectivity index (χ1v) is 10.4. The van der Waals surface area contributed by atoms with Gasteiger partial charge in [0.05, 0.1) is 0 Å². The first kappa shape index (κ1) is 25.2. The van der Waals surface area contributed by atoms with E-state index in [2.05, 4.69) is 29.8 Å². The third kappa shape index (κ3) is 8.62. The summed E-state index contributed by atoms with van der Waals surface area (Å²) in [7, 11) is 1.95. The highest BCUT2D eigenvalue weighted by Crippen LogP contribution is 2.18. The monoisotopic (exact) mass is 424 g/mol. The summed E-state index contributed by atoms with van der Waals surface area (Å²) in [5.41, 5.74) is 2.23. The number of benzene rings is 1. The summed E-state index contributed by atoms with van der Waals surface area (Å²) in [5, 5.41) is 9.00. The Hall–Kier alpha value is -1.79. The molecule has 164 valence electrons. The number of piperidine rings is 1. The van der Waals surface area contributed by atoms with Crippen molar-refractivity contribution in [1.82, 2.24) is 20.9 Å². The van der Waals surface area contributed by atoms with Crippen LogP contribution in [0.1, 0.15) is 44.2 Å². The van der Waals surface area contributed by atoms with Gasteiger partial charge in [-0.05, 0) is 57.2 Å². The second-order valence-electron chi connectivity index (χ2n) is 8.34. The first-order valence-electron chi connectivity index (χ1n) is 10.4. The number of likely N-dealkylation sites (tertiary alicyclic amines) is 1. The van der Waals surface area contributed by atoms with Crippen molar-refractivity contribution < 1.29 is 9.59 Å². The smallest absolute Gasteiger partial charge is 0.315 e. The van der Waals surface area contributed by atoms with Crippen LogP contribution in [0.2, 0.25) is 0 Å². The zero-order chi connectivity index (χ0) is 20.5. The molecule has 0 aliphatic carbocycles. The highest BCUT2D eigenvalue weighted by atomic mass is 35.5. The minimum Gasteiger partial charge on any atom is -0.341 e. The summed E-state index contributed by atoms with van der Waals surface area (Å²) in [4.78, 5) is 27.4. The molecule has 1 aromatic carbocycles. The summed E-state index contributed by atoms with van der Waals surface area (Å²) >= 11 is 0. The molecule has 0 spiro atoms. The molecule has 0 bridgehead atoms. The standard InChI is InChI=1S/C22H36N4O2.ClH/c1-16(2)12-20(21(27)26-11-5-6-19(15-26)13-23-4)25-22(28)24-14-18-9-7-17(3)8-10-18;/h7-10,16,19-20,23H,5-6,11-15H2,1-4H3,(H2,24,25,28);1H. The molecule has 7 heteroatoms. The van der Waals surface area contributed by atoms with Crippen LogP contribution in [0.25, 0.3) is 0 Å². The van der Waals surface area contributed by atoms with E-state index in [4.69, 9.17) is 0 Å². The van der Waals surface area contributed by atoms with Crippen molar-refractivity contribution >= 4 is 24.3 Å². The lowest BCUT2D eigenvalue weighted by molar-refractivity contribution is -0.135. The number of carbonyl (C=O) groups is 2. The molecule has 2 rings (SSSR count). The topological polar surface area (TPSA) is 73.5 Å². The van der Waals surface area contributed by atoms with E-state index in [1.165, 1.54) is 5.56 Å². The van der Waals surface area contributed by atoms with Crippen molar-refractivity contribution in [1.29, 1.82) is 0 Å². The predicted molar refractivity (Wildman–Crippen MR) is 120 cm³/mol. The lowest BCUT2D eigenvalue weighted by atomic mass is 9.96. The number of aryl methyl sites for hydroxylation is 1. The van der Waals surface area contributed by atoms with Gasteiger partial charge in [-0.1, -0.05) is 43.7 Å². The molecule has 0 saturated carbocycles. The minimum absolute atomic E-state index is 0. The van der Waals surface area contributed by atoms with Crippen molar-refractivity contribution in [3.05, 3.63) is 35.4 Å². The molecule has 3 amide bonds. The van der Waals surface area contributed by atoms with Crippen LogP contribution in [0.4, 0.5) is 4.79 Å². The molecule has 1 aromatic rings. The molecule has 3 N–H and O–H groups in total. The average Bonchev–Trinajstić information content (AvgIpc) is 2.66. The number of nitrogens with one attached hydrogen (secondary N) is 3. The van der Waals surface area contributed by atoms with Crippen LogP contribution in [0.15, 0.2) is 24.3 Å². The molecule has 1 fully saturated rings. The molecule has 1 aliphatic rings. The van der Waals surface area contributed by atoms with Gasteiger partial charge in [0, 0.05) is 19.6 Å². The number of hydrogen-bond acceptors (Lipinski definition) is 3. The fourth-order valence-electron chi connectivity index (χ4n) is 3.73. The first-order chi connectivity index (χ1) is 13.4. The van der Waals surface area contributed by atoms with Gasteiger partial charge in [-0.15, -0.1) is 12.4 Å². The van der Waals surface area contributed by atoms with Gasteiger partial charge in [0.25, 0.3) is 0 Å². The molecule has 29 heavy (non-hydrogen) atoms. The number of hydrogen-bond donors (Lipinski definition) is 3. The van der Waals surface area contributed by atoms with E-state index in [-0.39, 0.29) is 24.3 Å². The zero-order valence-corrected chi connectivity index (χ0v) is 19.0. The number of urea groups is 1. The van der Waals surface area contributed by atoms with Crippen LogP contribution in [-0.4, -0.2) is 49.6 Å². The van der Waals surface area contributed by atoms with E-state index in [9.17, 15) is 9.59 Å². The summed E-state index contributed by atoms with van der Waals surface area (Å²) in [6.07, 6.45) is 2.81. The predicted octanol–water partition coefficient (Wildman–Crippen LogP) is 3.09. The molecular formula is C22H37ClN4O2. The van der Waals surface area contributed by atoms with E-state index in [1.54, 1.807) is 0 Å². The van der Waals surface area contributed by atoms with Gasteiger partial charge in [0.2, 0.25) is 5.91 Å². The van der Waals surface area contributed by atoms with Gasteiger partial charge in [0.15, 0.2) is 0 Å². The Balaban J connectivity index is 0.00000420. The van der Waals surface area contributed by atoms with Crippen LogP contribution in [-0.2, 0) is 11.3 Å². The van der Waals surface area contributed by atoms with Crippen LogP contribution >= 0.6 is 12.4 Å². The highest BCUT2D eigenvalue weighted by Gasteiger charge is 2.30. The van der Waals surface area contributed by atoms with Crippen LogP contribution < -0.4 is 16.0 Å². The molecule has 1 saturated heterocycles. The van der Waals surface area contributed by atoms with Crippen molar-refractivity contribution in [2.75, 3.05) is 26.7 Å². The molecule has 1 aliphatic heterocycles. The quantitative estimate of drug-likeness (QED) is 0.600. The molecule has 6 nitrogen and oxygen atoms in total. The Morgan fingerprint density at radius 3 is 2.52 bits per heavy atom. The van der Waals surface area contributed by atoms with Gasteiger partial charge >= 0.3 is 6.03 Å². The normalized spacial score (nSPS) is 17.4. The molecule has 0 radical (unpaired) electrons. The molecule has 2 unspecified atom stereocenters. The van der Waals surface area contributed by atoms with Crippen LogP contribution in [0, 0.1) is 18.8 Å². The number of amides is 3. The number of carbonyl (C=O) groups excluding carboxylic acids is 2. The SMILES string of the molecule is CNCC1CCCN(C(=O)C(CC(C)C)NC(=O)NCc2ccc(C)cc2)C1.Cl. The maximum Gasteiger partial charge on any atom is 0.315 e. The van der Waals surface area contributed by atoms with Crippen molar-refractivity contribution in [2.24, 2.45) is 11.8 Å². The maximum absolute atomic E-state index is 13.1. The van der Waals surface area contributed by atoms with Crippen molar-refractivity contribution in [2.45, 2.75) is 52.6 Å². The average molecular weight is 425 g/mol. The molecule has 1 heterocycles. The van der Waals surface area contributed by atoms with Crippen LogP contribution in [0.3, 0.4) is 0 Å². The van der Waals surface area contributed by atoms with E-state index >= 15 is 0 Å². The lowest BCUT2D eigenvalue weighted by Crippen LogP contribution is -2.54. The van der Waals surface area contributed by atoms with Crippen molar-refractivity contribution in [3.8, 4) is 0 Å². The molecular weight excluding hydrogens is 388 g/mol. The largest absolute Gasteiger partial charge is 0.341 e.